The van der Waals surface area contributed by atoms with Gasteiger partial charge in [0.15, 0.2) is 0 Å². The topological polar surface area (TPSA) is 58.2 Å². The summed E-state index contributed by atoms with van der Waals surface area (Å²) in [6.07, 6.45) is 0. The molecule has 6 heavy (non-hydrogen) atoms. The molecule has 0 atom stereocenters. The summed E-state index contributed by atoms with van der Waals surface area (Å²) in [5, 5.41) is 10.8. The van der Waals surface area contributed by atoms with Crippen LogP contribution in [0.15, 0.2) is 0 Å². The first-order valence-electron chi connectivity index (χ1n) is 1.07. The van der Waals surface area contributed by atoms with Crippen molar-refractivity contribution in [3.8, 4) is 0 Å². The van der Waals surface area contributed by atoms with Crippen molar-refractivity contribution in [1.82, 2.24) is 5.64 Å². The molecule has 0 aromatic heterocycles. The van der Waals surface area contributed by atoms with E-state index in [1.807, 2.05) is 0 Å². The van der Waals surface area contributed by atoms with Gasteiger partial charge in [0.1, 0.15) is 0 Å². The second-order valence-electron chi connectivity index (χ2n) is 0.454. The molecule has 1 N–H and O–H groups in total. The number of hydrogen-bond acceptors (Lipinski definition) is 6. The standard InChI is InChI=1S/HNO5/c1-2-4-6-5-3-1/h1H. The zero-order valence-corrected chi connectivity index (χ0v) is 2.54. The SMILES string of the molecule is N1OOOOO1. The van der Waals surface area contributed by atoms with E-state index in [0.29, 0.717) is 0 Å². The van der Waals surface area contributed by atoms with Crippen LogP contribution >= 0.6 is 0 Å². The lowest BCUT2D eigenvalue weighted by Gasteiger charge is -2.03. The predicted molar refractivity (Wildman–Crippen MR) is 8.56 cm³/mol. The zero-order valence-electron chi connectivity index (χ0n) is 2.54. The van der Waals surface area contributed by atoms with Gasteiger partial charge in [0, 0.05) is 0 Å². The summed E-state index contributed by atoms with van der Waals surface area (Å²) in [7, 11) is 0. The average molecular weight is 95.0 g/mol. The van der Waals surface area contributed by atoms with Gasteiger partial charge in [-0.05, 0) is 20.8 Å². The van der Waals surface area contributed by atoms with E-state index in [9.17, 15) is 0 Å². The van der Waals surface area contributed by atoms with Crippen LogP contribution in [0.4, 0.5) is 0 Å². The molecular weight excluding hydrogens is 94.0 g/mol. The van der Waals surface area contributed by atoms with Crippen molar-refractivity contribution in [2.45, 2.75) is 0 Å². The van der Waals surface area contributed by atoms with E-state index in [1.54, 1.807) is 5.64 Å². The first-order chi connectivity index (χ1) is 3.00. The molecule has 36 valence electrons. The second-order valence-corrected chi connectivity index (χ2v) is 0.454. The molecule has 0 bridgehead atoms. The fourth-order valence-corrected chi connectivity index (χ4v) is 0.0808. The molecular formula is HNO5. The van der Waals surface area contributed by atoms with Gasteiger partial charge >= 0.3 is 0 Å². The Morgan fingerprint density at radius 1 is 0.833 bits per heavy atom. The largest absolute Gasteiger partial charge is 0.0807 e. The van der Waals surface area contributed by atoms with Crippen molar-refractivity contribution < 1.29 is 25.1 Å². The molecule has 1 heterocycles. The van der Waals surface area contributed by atoms with E-state index < -0.39 is 0 Å². The molecule has 1 rings (SSSR count). The lowest BCUT2D eigenvalue weighted by atomic mass is 13.2. The van der Waals surface area contributed by atoms with Crippen LogP contribution in [-0.2, 0) is 25.1 Å². The van der Waals surface area contributed by atoms with E-state index >= 15 is 0 Å². The molecule has 1 aliphatic rings. The van der Waals surface area contributed by atoms with Crippen molar-refractivity contribution in [1.29, 1.82) is 0 Å². The van der Waals surface area contributed by atoms with E-state index in [2.05, 4.69) is 25.1 Å². The first-order valence-corrected chi connectivity index (χ1v) is 1.07. The van der Waals surface area contributed by atoms with Gasteiger partial charge in [-0.15, -0.1) is 0 Å². The van der Waals surface area contributed by atoms with Crippen LogP contribution in [0.3, 0.4) is 0 Å². The smallest absolute Gasteiger partial charge is 0.00178 e. The van der Waals surface area contributed by atoms with E-state index in [-0.39, 0.29) is 0 Å². The van der Waals surface area contributed by atoms with Crippen molar-refractivity contribution in [2.75, 3.05) is 0 Å². The minimum Gasteiger partial charge on any atom is -0.0807 e. The van der Waals surface area contributed by atoms with Gasteiger partial charge in [-0.2, -0.15) is 0 Å². The van der Waals surface area contributed by atoms with Crippen LogP contribution in [0.2, 0.25) is 0 Å². The van der Waals surface area contributed by atoms with Gasteiger partial charge in [0.05, 0.1) is 0 Å². The zero-order chi connectivity index (χ0) is 4.24. The van der Waals surface area contributed by atoms with Crippen LogP contribution in [0.25, 0.3) is 0 Å². The highest BCUT2D eigenvalue weighted by Gasteiger charge is 1.97. The van der Waals surface area contributed by atoms with Crippen LogP contribution in [0.5, 0.6) is 0 Å². The van der Waals surface area contributed by atoms with E-state index in [1.165, 1.54) is 0 Å². The van der Waals surface area contributed by atoms with Crippen molar-refractivity contribution in [3.63, 3.8) is 0 Å². The minimum atomic E-state index is 1.72. The highest BCUT2D eigenvalue weighted by molar-refractivity contribution is 3.40. The third kappa shape index (κ3) is 0.863. The first kappa shape index (κ1) is 3.93. The predicted octanol–water partition coefficient (Wildman–Crippen LogP) is -0.837. The minimum absolute atomic E-state index is 1.72. The molecule has 0 radical (unpaired) electrons. The van der Waals surface area contributed by atoms with Gasteiger partial charge in [0.2, 0.25) is 0 Å². The van der Waals surface area contributed by atoms with Gasteiger partial charge in [-0.1, -0.05) is 9.98 Å². The van der Waals surface area contributed by atoms with Gasteiger partial charge < -0.3 is 0 Å². The third-order valence-corrected chi connectivity index (χ3v) is 0.192. The Labute approximate surface area is 32.1 Å². The lowest BCUT2D eigenvalue weighted by molar-refractivity contribution is -0.799. The van der Waals surface area contributed by atoms with Gasteiger partial charge in [0.25, 0.3) is 0 Å². The summed E-state index contributed by atoms with van der Waals surface area (Å²) in [5.41, 5.74) is 1.72. The highest BCUT2D eigenvalue weighted by Crippen LogP contribution is 1.85. The fraction of sp³-hybridized carbons (Fsp3) is 0. The molecule has 0 aliphatic carbocycles. The molecule has 1 saturated heterocycles. The molecule has 0 unspecified atom stereocenters. The third-order valence-electron chi connectivity index (χ3n) is 0.192. The summed E-state index contributed by atoms with van der Waals surface area (Å²) in [6, 6.07) is 0. The summed E-state index contributed by atoms with van der Waals surface area (Å²) >= 11 is 0. The second kappa shape index (κ2) is 2.03. The highest BCUT2D eigenvalue weighted by atomic mass is 17.8. The number of rotatable bonds is 0. The van der Waals surface area contributed by atoms with Gasteiger partial charge in [-0.25, -0.2) is 0 Å². The summed E-state index contributed by atoms with van der Waals surface area (Å²) in [6.45, 7) is 0. The number of hydrogen-bond donors (Lipinski definition) is 1. The fourth-order valence-electron chi connectivity index (χ4n) is 0.0808. The van der Waals surface area contributed by atoms with Crippen LogP contribution in [0.1, 0.15) is 0 Å². The Kier molecular flexibility index (Phi) is 1.33. The Morgan fingerprint density at radius 2 is 1.50 bits per heavy atom. The molecule has 0 spiro atoms. The number of nitrogens with one attached hydrogen (secondary N) is 1. The molecule has 0 amide bonds. The Balaban J connectivity index is 2.00. The molecule has 0 saturated carbocycles. The van der Waals surface area contributed by atoms with Crippen molar-refractivity contribution in [2.24, 2.45) is 0 Å². The monoisotopic (exact) mass is 95.0 g/mol. The average Bonchev–Trinajstić information content (AvgIpc) is 1.72. The Morgan fingerprint density at radius 3 is 1.67 bits per heavy atom. The van der Waals surface area contributed by atoms with Crippen LogP contribution in [-0.4, -0.2) is 0 Å². The molecule has 1 aliphatic heterocycles. The van der Waals surface area contributed by atoms with Crippen LogP contribution in [0, 0.1) is 0 Å². The van der Waals surface area contributed by atoms with Crippen molar-refractivity contribution >= 4 is 0 Å². The van der Waals surface area contributed by atoms with E-state index in [0.717, 1.165) is 0 Å². The normalized spacial score (nSPS) is 24.0. The molecule has 0 aromatic rings. The van der Waals surface area contributed by atoms with E-state index in [4.69, 9.17) is 0 Å². The Hall–Kier alpha value is -0.240. The Bertz CT molecular complexity index is 19.4. The van der Waals surface area contributed by atoms with Crippen molar-refractivity contribution in [3.05, 3.63) is 0 Å². The summed E-state index contributed by atoms with van der Waals surface area (Å²) in [5.74, 6) is 0. The maximum atomic E-state index is 3.75. The maximum Gasteiger partial charge on any atom is -0.00178 e. The lowest BCUT2D eigenvalue weighted by Crippen LogP contribution is -2.22. The summed E-state index contributed by atoms with van der Waals surface area (Å²) < 4.78 is 0. The maximum absolute atomic E-state index is 3.75. The summed E-state index contributed by atoms with van der Waals surface area (Å²) in [4.78, 5) is 7.50. The molecule has 1 fully saturated rings. The van der Waals surface area contributed by atoms with Crippen LogP contribution < -0.4 is 5.64 Å². The van der Waals surface area contributed by atoms with Gasteiger partial charge in [-0.3, -0.25) is 0 Å². The molecule has 6 heteroatoms. The molecule has 6 nitrogen and oxygen atoms in total. The molecule has 0 aromatic carbocycles. The quantitative estimate of drug-likeness (QED) is 0.396.